The van der Waals surface area contributed by atoms with Gasteiger partial charge in [0.05, 0.1) is 13.1 Å². The predicted molar refractivity (Wildman–Crippen MR) is 81.0 cm³/mol. The van der Waals surface area contributed by atoms with E-state index in [9.17, 15) is 9.59 Å². The molecule has 2 rings (SSSR count). The zero-order valence-electron chi connectivity index (χ0n) is 11.5. The summed E-state index contributed by atoms with van der Waals surface area (Å²) in [5, 5.41) is 2.52. The van der Waals surface area contributed by atoms with Gasteiger partial charge in [-0.1, -0.05) is 25.1 Å². The Balaban J connectivity index is 0.00000200. The van der Waals surface area contributed by atoms with Crippen LogP contribution in [0.3, 0.4) is 0 Å². The van der Waals surface area contributed by atoms with Gasteiger partial charge in [0.1, 0.15) is 0 Å². The average Bonchev–Trinajstić information content (AvgIpc) is 2.43. The predicted octanol–water partition coefficient (Wildman–Crippen LogP) is 0.708. The van der Waals surface area contributed by atoms with Crippen molar-refractivity contribution >= 4 is 29.9 Å². The molecular weight excluding hydrogens is 278 g/mol. The monoisotopic (exact) mass is 297 g/mol. The van der Waals surface area contributed by atoms with Crippen molar-refractivity contribution in [1.82, 2.24) is 5.32 Å². The van der Waals surface area contributed by atoms with Crippen LogP contribution in [0, 0.1) is 5.92 Å². The lowest BCUT2D eigenvalue weighted by Crippen LogP contribution is -2.45. The molecule has 1 aliphatic rings. The summed E-state index contributed by atoms with van der Waals surface area (Å²) in [5.41, 5.74) is 7.33. The largest absolute Gasteiger partial charge is 0.346 e. The fourth-order valence-corrected chi connectivity index (χ4v) is 2.37. The van der Waals surface area contributed by atoms with Crippen LogP contribution in [0.2, 0.25) is 0 Å². The van der Waals surface area contributed by atoms with Crippen molar-refractivity contribution in [2.45, 2.75) is 13.3 Å². The number of para-hydroxylation sites is 1. The molecule has 5 nitrogen and oxygen atoms in total. The Morgan fingerprint density at radius 3 is 2.80 bits per heavy atom. The summed E-state index contributed by atoms with van der Waals surface area (Å²) in [6.45, 7) is 2.71. The Morgan fingerprint density at radius 2 is 2.10 bits per heavy atom. The third-order valence-corrected chi connectivity index (χ3v) is 3.27. The van der Waals surface area contributed by atoms with Crippen LogP contribution < -0.4 is 16.0 Å². The van der Waals surface area contributed by atoms with E-state index >= 15 is 0 Å². The first-order chi connectivity index (χ1) is 9.11. The standard InChI is InChI=1S/C14H19N3O2.ClH/c1-10-6-11-4-2-3-5-12(11)17(9-10)14(19)8-16-13(18)7-15;/h2-5,10H,6-9,15H2,1H3,(H,16,18);1H. The molecule has 0 bridgehead atoms. The van der Waals surface area contributed by atoms with Crippen molar-refractivity contribution in [3.05, 3.63) is 29.8 Å². The van der Waals surface area contributed by atoms with E-state index in [0.717, 1.165) is 12.1 Å². The molecule has 0 aliphatic carbocycles. The molecule has 1 heterocycles. The van der Waals surface area contributed by atoms with Gasteiger partial charge >= 0.3 is 0 Å². The second-order valence-electron chi connectivity index (χ2n) is 4.92. The molecule has 3 N–H and O–H groups in total. The summed E-state index contributed by atoms with van der Waals surface area (Å²) in [4.78, 5) is 25.0. The quantitative estimate of drug-likeness (QED) is 0.863. The van der Waals surface area contributed by atoms with E-state index in [0.29, 0.717) is 12.5 Å². The van der Waals surface area contributed by atoms with Crippen molar-refractivity contribution < 1.29 is 9.59 Å². The SMILES string of the molecule is CC1Cc2ccccc2N(C(=O)CNC(=O)CN)C1.Cl. The number of carbonyl (C=O) groups excluding carboxylic acids is 2. The number of nitrogens with zero attached hydrogens (tertiary/aromatic N) is 1. The zero-order valence-corrected chi connectivity index (χ0v) is 12.3. The van der Waals surface area contributed by atoms with Crippen LogP contribution in [0.15, 0.2) is 24.3 Å². The second kappa shape index (κ2) is 7.26. The molecule has 0 saturated heterocycles. The first-order valence-corrected chi connectivity index (χ1v) is 6.47. The van der Waals surface area contributed by atoms with E-state index in [4.69, 9.17) is 5.73 Å². The minimum Gasteiger partial charge on any atom is -0.346 e. The molecule has 0 saturated carbocycles. The summed E-state index contributed by atoms with van der Waals surface area (Å²) in [5.74, 6) is 0.0107. The molecule has 2 amide bonds. The first-order valence-electron chi connectivity index (χ1n) is 6.47. The van der Waals surface area contributed by atoms with Crippen LogP contribution in [0.5, 0.6) is 0 Å². The molecular formula is C14H20ClN3O2. The lowest BCUT2D eigenvalue weighted by molar-refractivity contribution is -0.124. The zero-order chi connectivity index (χ0) is 13.8. The first kappa shape index (κ1) is 16.5. The molecule has 20 heavy (non-hydrogen) atoms. The van der Waals surface area contributed by atoms with Gasteiger partial charge in [0, 0.05) is 12.2 Å². The van der Waals surface area contributed by atoms with Crippen LogP contribution in [-0.2, 0) is 16.0 Å². The molecule has 0 fully saturated rings. The fourth-order valence-electron chi connectivity index (χ4n) is 2.37. The third-order valence-electron chi connectivity index (χ3n) is 3.27. The number of benzene rings is 1. The topological polar surface area (TPSA) is 75.4 Å². The Kier molecular flexibility index (Phi) is 5.98. The molecule has 1 aliphatic heterocycles. The smallest absolute Gasteiger partial charge is 0.246 e. The number of hydrogen-bond donors (Lipinski definition) is 2. The van der Waals surface area contributed by atoms with E-state index in [1.807, 2.05) is 24.3 Å². The van der Waals surface area contributed by atoms with E-state index in [2.05, 4.69) is 12.2 Å². The average molecular weight is 298 g/mol. The van der Waals surface area contributed by atoms with Crippen LogP contribution in [0.4, 0.5) is 5.69 Å². The lowest BCUT2D eigenvalue weighted by Gasteiger charge is -2.33. The number of anilines is 1. The molecule has 110 valence electrons. The normalized spacial score (nSPS) is 16.9. The number of amides is 2. The van der Waals surface area contributed by atoms with Crippen molar-refractivity contribution in [3.8, 4) is 0 Å². The van der Waals surface area contributed by atoms with Gasteiger partial charge < -0.3 is 16.0 Å². The van der Waals surface area contributed by atoms with Crippen LogP contribution in [0.1, 0.15) is 12.5 Å². The molecule has 1 unspecified atom stereocenters. The van der Waals surface area contributed by atoms with E-state index in [1.54, 1.807) is 4.90 Å². The van der Waals surface area contributed by atoms with Crippen LogP contribution in [-0.4, -0.2) is 31.4 Å². The lowest BCUT2D eigenvalue weighted by atomic mass is 9.94. The molecule has 6 heteroatoms. The van der Waals surface area contributed by atoms with Gasteiger partial charge in [-0.2, -0.15) is 0 Å². The Hall–Kier alpha value is -1.59. The minimum atomic E-state index is -0.313. The molecule has 1 aromatic rings. The summed E-state index contributed by atoms with van der Waals surface area (Å²) in [7, 11) is 0. The molecule has 0 radical (unpaired) electrons. The van der Waals surface area contributed by atoms with Gasteiger partial charge in [0.2, 0.25) is 11.8 Å². The van der Waals surface area contributed by atoms with Crippen molar-refractivity contribution in [3.63, 3.8) is 0 Å². The van der Waals surface area contributed by atoms with Crippen LogP contribution >= 0.6 is 12.4 Å². The number of halogens is 1. The van der Waals surface area contributed by atoms with Gasteiger partial charge in [0.25, 0.3) is 0 Å². The maximum atomic E-state index is 12.2. The fraction of sp³-hybridized carbons (Fsp3) is 0.429. The second-order valence-corrected chi connectivity index (χ2v) is 4.92. The maximum Gasteiger partial charge on any atom is 0.246 e. The number of fused-ring (bicyclic) bond motifs is 1. The Bertz CT molecular complexity index is 493. The number of nitrogens with one attached hydrogen (secondary N) is 1. The third kappa shape index (κ3) is 3.71. The summed E-state index contributed by atoms with van der Waals surface area (Å²) >= 11 is 0. The van der Waals surface area contributed by atoms with E-state index < -0.39 is 0 Å². The highest BCUT2D eigenvalue weighted by molar-refractivity contribution is 5.97. The molecule has 0 aromatic heterocycles. The summed E-state index contributed by atoms with van der Waals surface area (Å²) < 4.78 is 0. The van der Waals surface area contributed by atoms with Gasteiger partial charge in [-0.05, 0) is 24.0 Å². The highest BCUT2D eigenvalue weighted by Crippen LogP contribution is 2.29. The Morgan fingerprint density at radius 1 is 1.40 bits per heavy atom. The minimum absolute atomic E-state index is 0. The van der Waals surface area contributed by atoms with Gasteiger partial charge in [-0.25, -0.2) is 0 Å². The van der Waals surface area contributed by atoms with Crippen molar-refractivity contribution in [2.24, 2.45) is 11.7 Å². The van der Waals surface area contributed by atoms with E-state index in [1.165, 1.54) is 5.56 Å². The number of carbonyl (C=O) groups is 2. The van der Waals surface area contributed by atoms with Gasteiger partial charge in [-0.15, -0.1) is 12.4 Å². The summed E-state index contributed by atoms with van der Waals surface area (Å²) in [6.07, 6.45) is 0.981. The number of rotatable bonds is 3. The van der Waals surface area contributed by atoms with E-state index in [-0.39, 0.29) is 37.3 Å². The van der Waals surface area contributed by atoms with Gasteiger partial charge in [0.15, 0.2) is 0 Å². The molecule has 1 atom stereocenters. The number of nitrogens with two attached hydrogens (primary N) is 1. The van der Waals surface area contributed by atoms with Crippen molar-refractivity contribution in [1.29, 1.82) is 0 Å². The highest BCUT2D eigenvalue weighted by Gasteiger charge is 2.25. The molecule has 0 spiro atoms. The highest BCUT2D eigenvalue weighted by atomic mass is 35.5. The van der Waals surface area contributed by atoms with Crippen molar-refractivity contribution in [2.75, 3.05) is 24.5 Å². The van der Waals surface area contributed by atoms with Gasteiger partial charge in [-0.3, -0.25) is 9.59 Å². The maximum absolute atomic E-state index is 12.2. The number of hydrogen-bond acceptors (Lipinski definition) is 3. The summed E-state index contributed by atoms with van der Waals surface area (Å²) in [6, 6.07) is 7.90. The Labute approximate surface area is 124 Å². The van der Waals surface area contributed by atoms with Crippen LogP contribution in [0.25, 0.3) is 0 Å². The molecule has 1 aromatic carbocycles.